The Labute approximate surface area is 313 Å². The molecule has 1 unspecified atom stereocenters. The second-order valence-electron chi connectivity index (χ2n) is 15.2. The Morgan fingerprint density at radius 3 is 1.08 bits per heavy atom. The molecule has 0 fully saturated rings. The van der Waals surface area contributed by atoms with Crippen molar-refractivity contribution in [3.8, 4) is 0 Å². The predicted octanol–water partition coefficient (Wildman–Crippen LogP) is 9.87. The monoisotopic (exact) mass is 726 g/mol. The Bertz CT molecular complexity index is 855. The molecule has 0 aromatic rings. The average Bonchev–Trinajstić information content (AvgIpc) is 3.12. The van der Waals surface area contributed by atoms with Gasteiger partial charge in [-0.15, -0.1) is 0 Å². The molecule has 51 heavy (non-hydrogen) atoms. The first-order valence-electron chi connectivity index (χ1n) is 20.8. The van der Waals surface area contributed by atoms with Crippen LogP contribution < -0.4 is 0 Å². The van der Waals surface area contributed by atoms with Gasteiger partial charge in [0.25, 0.3) is 0 Å². The van der Waals surface area contributed by atoms with Crippen LogP contribution in [-0.4, -0.2) is 75.8 Å². The zero-order chi connectivity index (χ0) is 38.3. The van der Waals surface area contributed by atoms with Gasteiger partial charge in [0.15, 0.2) is 0 Å². The maximum Gasteiger partial charge on any atom is 0.308 e. The first-order chi connectivity index (χ1) is 24.5. The van der Waals surface area contributed by atoms with Gasteiger partial charge >= 0.3 is 23.9 Å². The Balaban J connectivity index is 6.49. The SMILES string of the molecule is CCCCCC(CCCC)C(=O)OCC(COC(=O)CCCN(C)C)(COC(=O)C(CCCC)CCCC)COC(=O)C(CCCC)CCCC. The highest BCUT2D eigenvalue weighted by Crippen LogP contribution is 2.28. The van der Waals surface area contributed by atoms with Crippen molar-refractivity contribution in [1.82, 2.24) is 4.90 Å². The van der Waals surface area contributed by atoms with Crippen LogP contribution in [0.25, 0.3) is 0 Å². The highest BCUT2D eigenvalue weighted by Gasteiger charge is 2.40. The van der Waals surface area contributed by atoms with Gasteiger partial charge in [-0.05, 0) is 65.6 Å². The molecule has 0 radical (unpaired) electrons. The predicted molar refractivity (Wildman–Crippen MR) is 206 cm³/mol. The van der Waals surface area contributed by atoms with Gasteiger partial charge < -0.3 is 23.8 Å². The van der Waals surface area contributed by atoms with Crippen molar-refractivity contribution in [2.24, 2.45) is 23.2 Å². The van der Waals surface area contributed by atoms with Gasteiger partial charge in [0, 0.05) is 6.42 Å². The topological polar surface area (TPSA) is 108 Å². The molecule has 0 aromatic carbocycles. The lowest BCUT2D eigenvalue weighted by Gasteiger charge is -2.33. The zero-order valence-corrected chi connectivity index (χ0v) is 34.3. The van der Waals surface area contributed by atoms with Crippen molar-refractivity contribution in [2.75, 3.05) is 47.1 Å². The summed E-state index contributed by atoms with van der Waals surface area (Å²) in [7, 11) is 3.90. The Kier molecular flexibility index (Phi) is 30.0. The second kappa shape index (κ2) is 31.4. The van der Waals surface area contributed by atoms with Crippen LogP contribution in [0.1, 0.15) is 176 Å². The maximum atomic E-state index is 13.6. The van der Waals surface area contributed by atoms with Crippen LogP contribution in [-0.2, 0) is 38.1 Å². The van der Waals surface area contributed by atoms with E-state index in [1.54, 1.807) is 0 Å². The highest BCUT2D eigenvalue weighted by atomic mass is 16.6. The number of rotatable bonds is 34. The maximum absolute atomic E-state index is 13.6. The van der Waals surface area contributed by atoms with Gasteiger partial charge in [-0.2, -0.15) is 0 Å². The molecular weight excluding hydrogens is 646 g/mol. The molecule has 0 rings (SSSR count). The Morgan fingerprint density at radius 2 is 0.765 bits per heavy atom. The summed E-state index contributed by atoms with van der Waals surface area (Å²) in [6.07, 6.45) is 17.8. The Hall–Kier alpha value is -2.16. The van der Waals surface area contributed by atoms with Crippen LogP contribution >= 0.6 is 0 Å². The van der Waals surface area contributed by atoms with Crippen molar-refractivity contribution >= 4 is 23.9 Å². The van der Waals surface area contributed by atoms with E-state index in [1.165, 1.54) is 0 Å². The second-order valence-corrected chi connectivity index (χ2v) is 15.2. The number of unbranched alkanes of at least 4 members (excludes halogenated alkanes) is 7. The van der Waals surface area contributed by atoms with E-state index < -0.39 is 11.4 Å². The van der Waals surface area contributed by atoms with E-state index in [-0.39, 0.29) is 68.5 Å². The molecule has 0 aromatic heterocycles. The van der Waals surface area contributed by atoms with E-state index in [1.807, 2.05) is 19.0 Å². The van der Waals surface area contributed by atoms with Crippen LogP contribution in [0, 0.1) is 23.2 Å². The largest absolute Gasteiger partial charge is 0.465 e. The molecule has 0 spiro atoms. The van der Waals surface area contributed by atoms with Crippen molar-refractivity contribution in [3.63, 3.8) is 0 Å². The minimum atomic E-state index is -1.24. The number of esters is 4. The molecular formula is C42H79NO8. The van der Waals surface area contributed by atoms with Gasteiger partial charge in [0.2, 0.25) is 0 Å². The average molecular weight is 726 g/mol. The molecule has 0 amide bonds. The van der Waals surface area contributed by atoms with E-state index in [0.29, 0.717) is 6.42 Å². The fourth-order valence-corrected chi connectivity index (χ4v) is 6.16. The first kappa shape index (κ1) is 48.8. The molecule has 0 aliphatic carbocycles. The Morgan fingerprint density at radius 1 is 0.451 bits per heavy atom. The number of hydrogen-bond donors (Lipinski definition) is 0. The first-order valence-corrected chi connectivity index (χ1v) is 20.8. The number of nitrogens with zero attached hydrogens (tertiary/aromatic N) is 1. The molecule has 0 aliphatic heterocycles. The lowest BCUT2D eigenvalue weighted by molar-refractivity contribution is -0.175. The van der Waals surface area contributed by atoms with Crippen LogP contribution in [0.5, 0.6) is 0 Å². The molecule has 0 bridgehead atoms. The summed E-state index contributed by atoms with van der Waals surface area (Å²) in [5.41, 5.74) is -1.24. The normalized spacial score (nSPS) is 12.4. The third-order valence-corrected chi connectivity index (χ3v) is 9.77. The standard InChI is InChI=1S/C42H79NO8/c1-9-15-21-28-37(27-20-14-6)41(47)51-34-42(31-48-38(44)29-22-30-43(7)8,32-49-39(45)35(23-16-10-2)24-17-11-3)33-50-40(46)36(25-18-12-4)26-19-13-5/h35-37H,9-34H2,1-8H3. The molecule has 0 saturated carbocycles. The molecule has 9 nitrogen and oxygen atoms in total. The van der Waals surface area contributed by atoms with Gasteiger partial charge in [-0.3, -0.25) is 19.2 Å². The lowest BCUT2D eigenvalue weighted by atomic mass is 9.90. The van der Waals surface area contributed by atoms with Crippen molar-refractivity contribution in [2.45, 2.75) is 176 Å². The van der Waals surface area contributed by atoms with Gasteiger partial charge in [-0.25, -0.2) is 0 Å². The summed E-state index contributed by atoms with van der Waals surface area (Å²) in [4.78, 5) is 55.8. The van der Waals surface area contributed by atoms with E-state index >= 15 is 0 Å². The van der Waals surface area contributed by atoms with Crippen LogP contribution in [0.4, 0.5) is 0 Å². The molecule has 9 heteroatoms. The minimum Gasteiger partial charge on any atom is -0.465 e. The molecule has 300 valence electrons. The summed E-state index contributed by atoms with van der Waals surface area (Å²) < 4.78 is 24.0. The zero-order valence-electron chi connectivity index (χ0n) is 34.3. The third kappa shape index (κ3) is 23.9. The minimum absolute atomic E-state index is 0.184. The smallest absolute Gasteiger partial charge is 0.308 e. The van der Waals surface area contributed by atoms with E-state index in [9.17, 15) is 19.2 Å². The lowest BCUT2D eigenvalue weighted by Crippen LogP contribution is -2.45. The fourth-order valence-electron chi connectivity index (χ4n) is 6.16. The number of carbonyl (C=O) groups is 4. The van der Waals surface area contributed by atoms with E-state index in [4.69, 9.17) is 18.9 Å². The number of ether oxygens (including phenoxy) is 4. The van der Waals surface area contributed by atoms with Gasteiger partial charge in [0.1, 0.15) is 31.8 Å². The van der Waals surface area contributed by atoms with Gasteiger partial charge in [-0.1, -0.05) is 125 Å². The number of carbonyl (C=O) groups excluding carboxylic acids is 4. The molecule has 0 saturated heterocycles. The highest BCUT2D eigenvalue weighted by molar-refractivity contribution is 5.74. The number of hydrogen-bond acceptors (Lipinski definition) is 9. The van der Waals surface area contributed by atoms with Crippen LogP contribution in [0.3, 0.4) is 0 Å². The van der Waals surface area contributed by atoms with Crippen molar-refractivity contribution in [3.05, 3.63) is 0 Å². The molecule has 0 aliphatic rings. The quantitative estimate of drug-likeness (QED) is 0.0364. The fraction of sp³-hybridized carbons (Fsp3) is 0.905. The summed E-state index contributed by atoms with van der Waals surface area (Å²) in [6, 6.07) is 0. The van der Waals surface area contributed by atoms with Crippen LogP contribution in [0.15, 0.2) is 0 Å². The van der Waals surface area contributed by atoms with Crippen LogP contribution in [0.2, 0.25) is 0 Å². The molecule has 1 atom stereocenters. The summed E-state index contributed by atoms with van der Waals surface area (Å²) in [5, 5.41) is 0. The molecule has 0 N–H and O–H groups in total. The third-order valence-electron chi connectivity index (χ3n) is 9.77. The van der Waals surface area contributed by atoms with E-state index in [2.05, 4.69) is 41.5 Å². The summed E-state index contributed by atoms with van der Waals surface area (Å²) in [5.74, 6) is -2.03. The van der Waals surface area contributed by atoms with Crippen molar-refractivity contribution in [1.29, 1.82) is 0 Å². The molecule has 0 heterocycles. The van der Waals surface area contributed by atoms with Crippen molar-refractivity contribution < 1.29 is 38.1 Å². The van der Waals surface area contributed by atoms with E-state index in [0.717, 1.165) is 129 Å². The summed E-state index contributed by atoms with van der Waals surface area (Å²) >= 11 is 0. The van der Waals surface area contributed by atoms with Gasteiger partial charge in [0.05, 0.1) is 17.8 Å². The summed E-state index contributed by atoms with van der Waals surface area (Å²) in [6.45, 7) is 12.7.